The van der Waals surface area contributed by atoms with Gasteiger partial charge >= 0.3 is 0 Å². The number of rotatable bonds is 8. The zero-order valence-electron chi connectivity index (χ0n) is 18.4. The van der Waals surface area contributed by atoms with Crippen molar-refractivity contribution in [1.82, 2.24) is 24.6 Å². The van der Waals surface area contributed by atoms with E-state index in [2.05, 4.69) is 27.4 Å². The summed E-state index contributed by atoms with van der Waals surface area (Å²) in [7, 11) is 1.81. The standard InChI is InChI=1S/C23H28FN5OS2/c1-17(28-11-4-3-5-12-28)22-25-26-23(29(22)20-8-6-19(24)7-9-20)32-16-21(30)27(2)14-18-10-13-31-15-18/h6-10,13,15,17H,3-5,11-12,14,16H2,1-2H3. The lowest BCUT2D eigenvalue weighted by Crippen LogP contribution is -2.33. The van der Waals surface area contributed by atoms with Crippen molar-refractivity contribution in [2.75, 3.05) is 25.9 Å². The Morgan fingerprint density at radius 1 is 1.19 bits per heavy atom. The molecular weight excluding hydrogens is 445 g/mol. The van der Waals surface area contributed by atoms with Gasteiger partial charge in [0, 0.05) is 19.3 Å². The molecule has 32 heavy (non-hydrogen) atoms. The lowest BCUT2D eigenvalue weighted by Gasteiger charge is -2.31. The number of carbonyl (C=O) groups is 1. The number of likely N-dealkylation sites (tertiary alicyclic amines) is 1. The molecule has 0 aliphatic carbocycles. The largest absolute Gasteiger partial charge is 0.341 e. The third-order valence-corrected chi connectivity index (χ3v) is 7.45. The number of aromatic nitrogens is 3. The van der Waals surface area contributed by atoms with Crippen molar-refractivity contribution in [2.24, 2.45) is 0 Å². The second kappa shape index (κ2) is 10.6. The highest BCUT2D eigenvalue weighted by molar-refractivity contribution is 7.99. The van der Waals surface area contributed by atoms with Crippen molar-refractivity contribution in [3.63, 3.8) is 0 Å². The van der Waals surface area contributed by atoms with Crippen LogP contribution in [0.1, 0.15) is 43.6 Å². The molecule has 0 spiro atoms. The summed E-state index contributed by atoms with van der Waals surface area (Å²) in [5.41, 5.74) is 1.93. The molecule has 9 heteroatoms. The molecule has 1 aliphatic rings. The normalized spacial score (nSPS) is 15.6. The van der Waals surface area contributed by atoms with Crippen LogP contribution in [-0.2, 0) is 11.3 Å². The second-order valence-corrected chi connectivity index (χ2v) is 9.82. The molecule has 1 fully saturated rings. The summed E-state index contributed by atoms with van der Waals surface area (Å²) in [6.07, 6.45) is 3.62. The lowest BCUT2D eigenvalue weighted by atomic mass is 10.1. The monoisotopic (exact) mass is 473 g/mol. The molecule has 0 bridgehead atoms. The van der Waals surface area contributed by atoms with Crippen LogP contribution < -0.4 is 0 Å². The fourth-order valence-corrected chi connectivity index (χ4v) is 5.49. The van der Waals surface area contributed by atoms with Gasteiger partial charge < -0.3 is 4.90 Å². The van der Waals surface area contributed by atoms with Gasteiger partial charge in [-0.1, -0.05) is 18.2 Å². The van der Waals surface area contributed by atoms with E-state index in [4.69, 9.17) is 0 Å². The summed E-state index contributed by atoms with van der Waals surface area (Å²) in [5, 5.41) is 13.6. The average Bonchev–Trinajstić information content (AvgIpc) is 3.48. The topological polar surface area (TPSA) is 54.3 Å². The summed E-state index contributed by atoms with van der Waals surface area (Å²) in [4.78, 5) is 16.9. The summed E-state index contributed by atoms with van der Waals surface area (Å²) in [6, 6.07) is 8.47. The minimum Gasteiger partial charge on any atom is -0.341 e. The fraction of sp³-hybridized carbons (Fsp3) is 0.435. The van der Waals surface area contributed by atoms with Crippen LogP contribution in [0.5, 0.6) is 0 Å². The molecule has 1 aromatic carbocycles. The molecule has 3 aromatic rings. The summed E-state index contributed by atoms with van der Waals surface area (Å²) < 4.78 is 15.5. The number of amides is 1. The first-order chi connectivity index (χ1) is 15.5. The summed E-state index contributed by atoms with van der Waals surface area (Å²) in [5.74, 6) is 0.824. The molecule has 0 radical (unpaired) electrons. The number of thiophene rings is 1. The first-order valence-electron chi connectivity index (χ1n) is 10.9. The fourth-order valence-electron chi connectivity index (χ4n) is 3.93. The number of benzene rings is 1. The molecule has 1 amide bonds. The van der Waals surface area contributed by atoms with Gasteiger partial charge in [-0.2, -0.15) is 11.3 Å². The van der Waals surface area contributed by atoms with Crippen LogP contribution in [-0.4, -0.2) is 56.4 Å². The third-order valence-electron chi connectivity index (χ3n) is 5.81. The maximum atomic E-state index is 13.6. The molecule has 0 saturated carbocycles. The van der Waals surface area contributed by atoms with Crippen LogP contribution in [0.2, 0.25) is 0 Å². The van der Waals surface area contributed by atoms with E-state index >= 15 is 0 Å². The zero-order chi connectivity index (χ0) is 22.5. The molecule has 1 saturated heterocycles. The van der Waals surface area contributed by atoms with E-state index < -0.39 is 0 Å². The van der Waals surface area contributed by atoms with Gasteiger partial charge in [-0.25, -0.2) is 4.39 Å². The Balaban J connectivity index is 1.53. The van der Waals surface area contributed by atoms with E-state index in [0.29, 0.717) is 11.7 Å². The molecule has 1 aliphatic heterocycles. The van der Waals surface area contributed by atoms with Crippen LogP contribution in [0.15, 0.2) is 46.2 Å². The van der Waals surface area contributed by atoms with Crippen molar-refractivity contribution >= 4 is 29.0 Å². The number of halogens is 1. The van der Waals surface area contributed by atoms with E-state index in [1.54, 1.807) is 28.4 Å². The van der Waals surface area contributed by atoms with Gasteiger partial charge in [-0.05, 0) is 79.5 Å². The molecule has 0 N–H and O–H groups in total. The molecular formula is C23H28FN5OS2. The average molecular weight is 474 g/mol. The van der Waals surface area contributed by atoms with Gasteiger partial charge in [-0.3, -0.25) is 14.3 Å². The Labute approximate surface area is 196 Å². The van der Waals surface area contributed by atoms with E-state index in [1.165, 1.54) is 43.2 Å². The first-order valence-corrected chi connectivity index (χ1v) is 12.8. The molecule has 2 aromatic heterocycles. The number of hydrogen-bond donors (Lipinski definition) is 0. The van der Waals surface area contributed by atoms with Gasteiger partial charge in [-0.15, -0.1) is 10.2 Å². The molecule has 3 heterocycles. The van der Waals surface area contributed by atoms with Gasteiger partial charge in [0.2, 0.25) is 5.91 Å². The molecule has 4 rings (SSSR count). The Bertz CT molecular complexity index is 1020. The van der Waals surface area contributed by atoms with Crippen LogP contribution in [0.3, 0.4) is 0 Å². The number of hydrogen-bond acceptors (Lipinski definition) is 6. The van der Waals surface area contributed by atoms with E-state index in [9.17, 15) is 9.18 Å². The molecule has 1 unspecified atom stereocenters. The van der Waals surface area contributed by atoms with Crippen LogP contribution in [0.25, 0.3) is 5.69 Å². The van der Waals surface area contributed by atoms with Crippen molar-refractivity contribution < 1.29 is 9.18 Å². The first kappa shape index (κ1) is 22.9. The number of nitrogens with zero attached hydrogens (tertiary/aromatic N) is 5. The Morgan fingerprint density at radius 3 is 2.62 bits per heavy atom. The highest BCUT2D eigenvalue weighted by Gasteiger charge is 2.26. The van der Waals surface area contributed by atoms with Crippen molar-refractivity contribution in [2.45, 2.75) is 43.9 Å². The number of carbonyl (C=O) groups excluding carboxylic acids is 1. The second-order valence-electron chi connectivity index (χ2n) is 8.10. The summed E-state index contributed by atoms with van der Waals surface area (Å²) >= 11 is 2.99. The van der Waals surface area contributed by atoms with Gasteiger partial charge in [0.25, 0.3) is 0 Å². The maximum absolute atomic E-state index is 13.6. The van der Waals surface area contributed by atoms with E-state index in [-0.39, 0.29) is 23.5 Å². The minimum absolute atomic E-state index is 0.0282. The summed E-state index contributed by atoms with van der Waals surface area (Å²) in [6.45, 7) is 4.80. The smallest absolute Gasteiger partial charge is 0.233 e. The maximum Gasteiger partial charge on any atom is 0.233 e. The Hall–Kier alpha value is -2.23. The van der Waals surface area contributed by atoms with Crippen molar-refractivity contribution in [1.29, 1.82) is 0 Å². The highest BCUT2D eigenvalue weighted by atomic mass is 32.2. The van der Waals surface area contributed by atoms with Gasteiger partial charge in [0.1, 0.15) is 5.82 Å². The Morgan fingerprint density at radius 2 is 1.94 bits per heavy atom. The van der Waals surface area contributed by atoms with Crippen molar-refractivity contribution in [3.8, 4) is 5.69 Å². The van der Waals surface area contributed by atoms with Crippen LogP contribution in [0, 0.1) is 5.82 Å². The molecule has 6 nitrogen and oxygen atoms in total. The number of thioether (sulfide) groups is 1. The van der Waals surface area contributed by atoms with Gasteiger partial charge in [0.05, 0.1) is 11.8 Å². The van der Waals surface area contributed by atoms with Crippen molar-refractivity contribution in [3.05, 3.63) is 58.3 Å². The quantitative estimate of drug-likeness (QED) is 0.441. The SMILES string of the molecule is CC(c1nnc(SCC(=O)N(C)Cc2ccsc2)n1-c1ccc(F)cc1)N1CCCCC1. The predicted octanol–water partition coefficient (Wildman–Crippen LogP) is 4.77. The molecule has 1 atom stereocenters. The molecule has 170 valence electrons. The van der Waals surface area contributed by atoms with Gasteiger partial charge in [0.15, 0.2) is 11.0 Å². The third kappa shape index (κ3) is 5.39. The van der Waals surface area contributed by atoms with Crippen LogP contribution >= 0.6 is 23.1 Å². The minimum atomic E-state index is -0.285. The predicted molar refractivity (Wildman–Crippen MR) is 127 cm³/mol. The van der Waals surface area contributed by atoms with E-state index in [1.807, 2.05) is 23.1 Å². The number of piperidine rings is 1. The van der Waals surface area contributed by atoms with Crippen LogP contribution in [0.4, 0.5) is 4.39 Å². The van der Waals surface area contributed by atoms with E-state index in [0.717, 1.165) is 30.2 Å². The Kier molecular flexibility index (Phi) is 7.59. The lowest BCUT2D eigenvalue weighted by molar-refractivity contribution is -0.127. The highest BCUT2D eigenvalue weighted by Crippen LogP contribution is 2.29. The zero-order valence-corrected chi connectivity index (χ0v) is 20.0.